The monoisotopic (exact) mass is 276 g/mol. The van der Waals surface area contributed by atoms with Crippen LogP contribution in [0.25, 0.3) is 0 Å². The summed E-state index contributed by atoms with van der Waals surface area (Å²) in [5.41, 5.74) is 7.99. The van der Waals surface area contributed by atoms with Gasteiger partial charge in [0.05, 0.1) is 11.7 Å². The highest BCUT2D eigenvalue weighted by atomic mass is 35.5. The average Bonchev–Trinajstić information content (AvgIpc) is 2.43. The number of nitrogens with two attached hydrogens (primary N) is 1. The maximum atomic E-state index is 5.88. The van der Waals surface area contributed by atoms with E-state index in [4.69, 9.17) is 17.3 Å². The molecular weight excluding hydrogens is 260 g/mol. The van der Waals surface area contributed by atoms with Crippen molar-refractivity contribution in [1.29, 1.82) is 0 Å². The molecule has 0 fully saturated rings. The maximum absolute atomic E-state index is 5.88. The van der Waals surface area contributed by atoms with Crippen LogP contribution in [0.15, 0.2) is 42.9 Å². The van der Waals surface area contributed by atoms with Crippen LogP contribution in [0.4, 0.5) is 0 Å². The van der Waals surface area contributed by atoms with Crippen molar-refractivity contribution in [1.82, 2.24) is 14.9 Å². The Balaban J connectivity index is 2.09. The van der Waals surface area contributed by atoms with Crippen LogP contribution >= 0.6 is 11.6 Å². The van der Waals surface area contributed by atoms with Crippen LogP contribution in [0.2, 0.25) is 5.02 Å². The van der Waals surface area contributed by atoms with Crippen LogP contribution in [0.1, 0.15) is 17.3 Å². The molecule has 0 bridgehead atoms. The fraction of sp³-hybridized carbons (Fsp3) is 0.286. The largest absolute Gasteiger partial charge is 0.329 e. The molecule has 19 heavy (non-hydrogen) atoms. The summed E-state index contributed by atoms with van der Waals surface area (Å²) in [4.78, 5) is 10.4. The van der Waals surface area contributed by atoms with Gasteiger partial charge in [-0.15, -0.1) is 0 Å². The Hall–Kier alpha value is -1.49. The lowest BCUT2D eigenvalue weighted by Gasteiger charge is -2.26. The van der Waals surface area contributed by atoms with Crippen molar-refractivity contribution in [3.8, 4) is 0 Å². The Kier molecular flexibility index (Phi) is 4.85. The number of halogens is 1. The molecule has 2 N–H and O–H groups in total. The predicted octanol–water partition coefficient (Wildman–Crippen LogP) is 2.26. The van der Waals surface area contributed by atoms with Gasteiger partial charge in [0.1, 0.15) is 6.33 Å². The number of rotatable bonds is 5. The molecule has 0 radical (unpaired) electrons. The lowest BCUT2D eigenvalue weighted by molar-refractivity contribution is 0.237. The minimum atomic E-state index is 0.0821. The Labute approximate surface area is 118 Å². The van der Waals surface area contributed by atoms with Crippen LogP contribution in [-0.4, -0.2) is 28.5 Å². The van der Waals surface area contributed by atoms with Gasteiger partial charge >= 0.3 is 0 Å². The third-order valence-corrected chi connectivity index (χ3v) is 3.30. The lowest BCUT2D eigenvalue weighted by atomic mass is 10.1. The number of hydrogen-bond acceptors (Lipinski definition) is 4. The summed E-state index contributed by atoms with van der Waals surface area (Å²) in [6.45, 7) is 1.31. The molecule has 1 atom stereocenters. The molecule has 0 saturated carbocycles. The third-order valence-electron chi connectivity index (χ3n) is 3.05. The Morgan fingerprint density at radius 2 is 2.00 bits per heavy atom. The topological polar surface area (TPSA) is 55.0 Å². The summed E-state index contributed by atoms with van der Waals surface area (Å²) in [7, 11) is 2.04. The van der Waals surface area contributed by atoms with Crippen LogP contribution < -0.4 is 5.73 Å². The molecular formula is C14H17ClN4. The van der Waals surface area contributed by atoms with Crippen molar-refractivity contribution < 1.29 is 0 Å². The molecule has 0 aliphatic heterocycles. The molecule has 0 amide bonds. The summed E-state index contributed by atoms with van der Waals surface area (Å²) < 4.78 is 0. The quantitative estimate of drug-likeness (QED) is 0.910. The van der Waals surface area contributed by atoms with Gasteiger partial charge in [-0.2, -0.15) is 0 Å². The van der Waals surface area contributed by atoms with Crippen LogP contribution in [0.3, 0.4) is 0 Å². The number of aromatic nitrogens is 2. The van der Waals surface area contributed by atoms with Crippen LogP contribution in [0, 0.1) is 0 Å². The molecule has 0 spiro atoms. The van der Waals surface area contributed by atoms with Gasteiger partial charge in [-0.25, -0.2) is 9.97 Å². The first-order valence-corrected chi connectivity index (χ1v) is 6.49. The Morgan fingerprint density at radius 3 is 2.58 bits per heavy atom. The van der Waals surface area contributed by atoms with Crippen molar-refractivity contribution in [2.24, 2.45) is 5.73 Å². The highest BCUT2D eigenvalue weighted by molar-refractivity contribution is 6.30. The molecule has 1 heterocycles. The summed E-state index contributed by atoms with van der Waals surface area (Å²) >= 11 is 5.88. The zero-order chi connectivity index (χ0) is 13.7. The summed E-state index contributed by atoms with van der Waals surface area (Å²) in [5, 5.41) is 0.748. The fourth-order valence-corrected chi connectivity index (χ4v) is 2.14. The van der Waals surface area contributed by atoms with E-state index < -0.39 is 0 Å². The van der Waals surface area contributed by atoms with Crippen molar-refractivity contribution in [3.63, 3.8) is 0 Å². The minimum absolute atomic E-state index is 0.0821. The average molecular weight is 277 g/mol. The van der Waals surface area contributed by atoms with Crippen LogP contribution in [-0.2, 0) is 6.54 Å². The minimum Gasteiger partial charge on any atom is -0.329 e. The Morgan fingerprint density at radius 1 is 1.26 bits per heavy atom. The summed E-state index contributed by atoms with van der Waals surface area (Å²) in [6.07, 6.45) is 3.29. The standard InChI is InChI=1S/C14H17ClN4/c1-19(9-11-2-4-12(15)5-3-11)14(8-16)13-6-7-17-10-18-13/h2-7,10,14H,8-9,16H2,1H3. The van der Waals surface area contributed by atoms with Crippen molar-refractivity contribution in [2.45, 2.75) is 12.6 Å². The molecule has 0 aliphatic rings. The van der Waals surface area contributed by atoms with Gasteiger partial charge in [0.15, 0.2) is 0 Å². The molecule has 0 saturated heterocycles. The first-order valence-electron chi connectivity index (χ1n) is 6.11. The predicted molar refractivity (Wildman–Crippen MR) is 76.7 cm³/mol. The van der Waals surface area contributed by atoms with Crippen molar-refractivity contribution in [2.75, 3.05) is 13.6 Å². The van der Waals surface area contributed by atoms with E-state index in [1.807, 2.05) is 37.4 Å². The molecule has 1 aromatic carbocycles. The lowest BCUT2D eigenvalue weighted by Crippen LogP contribution is -2.30. The molecule has 4 nitrogen and oxygen atoms in total. The second kappa shape index (κ2) is 6.61. The van der Waals surface area contributed by atoms with Gasteiger partial charge in [0.2, 0.25) is 0 Å². The van der Waals surface area contributed by atoms with E-state index in [-0.39, 0.29) is 6.04 Å². The van der Waals surface area contributed by atoms with Gasteiger partial charge in [0.25, 0.3) is 0 Å². The molecule has 0 aliphatic carbocycles. The zero-order valence-corrected chi connectivity index (χ0v) is 11.6. The highest BCUT2D eigenvalue weighted by Crippen LogP contribution is 2.18. The molecule has 1 unspecified atom stereocenters. The smallest absolute Gasteiger partial charge is 0.115 e. The van der Waals surface area contributed by atoms with E-state index in [0.717, 1.165) is 17.3 Å². The van der Waals surface area contributed by atoms with E-state index in [2.05, 4.69) is 14.9 Å². The van der Waals surface area contributed by atoms with Crippen LogP contribution in [0.5, 0.6) is 0 Å². The first kappa shape index (κ1) is 13.9. The number of nitrogens with zero attached hydrogens (tertiary/aromatic N) is 3. The fourth-order valence-electron chi connectivity index (χ4n) is 2.01. The van der Waals surface area contributed by atoms with Crippen molar-refractivity contribution in [3.05, 3.63) is 59.1 Å². The number of benzene rings is 1. The normalized spacial score (nSPS) is 12.6. The van der Waals surface area contributed by atoms with Gasteiger partial charge in [0, 0.05) is 24.3 Å². The molecule has 2 rings (SSSR count). The third kappa shape index (κ3) is 3.73. The van der Waals surface area contributed by atoms with Gasteiger partial charge in [-0.3, -0.25) is 4.90 Å². The number of likely N-dealkylation sites (N-methyl/N-ethyl adjacent to an activating group) is 1. The van der Waals surface area contributed by atoms with Crippen molar-refractivity contribution >= 4 is 11.6 Å². The Bertz CT molecular complexity index is 501. The van der Waals surface area contributed by atoms with Gasteiger partial charge in [-0.05, 0) is 30.8 Å². The first-order chi connectivity index (χ1) is 9.20. The zero-order valence-electron chi connectivity index (χ0n) is 10.8. The van der Waals surface area contributed by atoms with E-state index in [9.17, 15) is 0 Å². The SMILES string of the molecule is CN(Cc1ccc(Cl)cc1)C(CN)c1ccncn1. The second-order valence-corrected chi connectivity index (χ2v) is 4.86. The van der Waals surface area contributed by atoms with E-state index in [1.165, 1.54) is 5.56 Å². The van der Waals surface area contributed by atoms with E-state index in [0.29, 0.717) is 6.54 Å². The molecule has 100 valence electrons. The summed E-state index contributed by atoms with van der Waals surface area (Å²) in [6, 6.07) is 9.81. The molecule has 1 aromatic heterocycles. The van der Waals surface area contributed by atoms with Gasteiger partial charge < -0.3 is 5.73 Å². The molecule has 5 heteroatoms. The van der Waals surface area contributed by atoms with E-state index >= 15 is 0 Å². The van der Waals surface area contributed by atoms with E-state index in [1.54, 1.807) is 12.5 Å². The maximum Gasteiger partial charge on any atom is 0.115 e. The number of hydrogen-bond donors (Lipinski definition) is 1. The summed E-state index contributed by atoms with van der Waals surface area (Å²) in [5.74, 6) is 0. The van der Waals surface area contributed by atoms with Gasteiger partial charge in [-0.1, -0.05) is 23.7 Å². The molecule has 2 aromatic rings. The second-order valence-electron chi connectivity index (χ2n) is 4.43. The highest BCUT2D eigenvalue weighted by Gasteiger charge is 2.16.